The van der Waals surface area contributed by atoms with Crippen LogP contribution < -0.4 is 0 Å². The van der Waals surface area contributed by atoms with Gasteiger partial charge >= 0.3 is 46.0 Å². The topological polar surface area (TPSA) is 0 Å². The van der Waals surface area contributed by atoms with Gasteiger partial charge in [-0.15, -0.1) is 0 Å². The maximum atomic E-state index is 3.57. The van der Waals surface area contributed by atoms with E-state index in [1.54, 1.807) is 0 Å². The van der Waals surface area contributed by atoms with Crippen LogP contribution in [0.4, 0.5) is 0 Å². The number of hydrogen-bond donors (Lipinski definition) is 0. The van der Waals surface area contributed by atoms with Crippen molar-refractivity contribution >= 4 is 22.5 Å². The molecule has 0 aromatic rings. The normalized spacial score (nSPS) is 7.40. The molecule has 0 aliphatic rings. The van der Waals surface area contributed by atoms with Crippen molar-refractivity contribution in [3.63, 3.8) is 0 Å². The van der Waals surface area contributed by atoms with E-state index in [9.17, 15) is 0 Å². The van der Waals surface area contributed by atoms with Gasteiger partial charge in [0.05, 0.1) is 0 Å². The average Bonchev–Trinajstić information content (AvgIpc) is 1.41. The van der Waals surface area contributed by atoms with Crippen LogP contribution in [0.2, 0.25) is 4.44 Å². The van der Waals surface area contributed by atoms with Gasteiger partial charge in [0.15, 0.2) is 0 Å². The average molecular weight is 175 g/mol. The number of allylic oxidation sites excluding steroid dienone is 1. The molecule has 2 radical (unpaired) electrons. The molecule has 0 aliphatic carbocycles. The van der Waals surface area contributed by atoms with Gasteiger partial charge in [0, 0.05) is 0 Å². The summed E-state index contributed by atoms with van der Waals surface area (Å²) in [4.78, 5) is 0. The summed E-state index contributed by atoms with van der Waals surface area (Å²) in [7, 11) is 0. The fourth-order valence-electron chi connectivity index (χ4n) is 0.118. The molecule has 0 spiro atoms. The molecular weight excluding hydrogens is 167 g/mol. The van der Waals surface area contributed by atoms with Crippen LogP contribution in [0.25, 0.3) is 0 Å². The third-order valence-corrected chi connectivity index (χ3v) is 1.32. The van der Waals surface area contributed by atoms with Crippen molar-refractivity contribution in [2.24, 2.45) is 0 Å². The minimum absolute atomic E-state index is 1.21. The Labute approximate surface area is 46.4 Å². The molecule has 0 fully saturated rings. The summed E-state index contributed by atoms with van der Waals surface area (Å²) in [6.07, 6.45) is 3.17. The standard InChI is InChI=1S/C4H7.Sn.H/c1-3-4-2;;/h3H,1-2,4H2;;. The van der Waals surface area contributed by atoms with Crippen LogP contribution in [0.1, 0.15) is 6.42 Å². The second kappa shape index (κ2) is 4.54. The Morgan fingerprint density at radius 3 is 2.40 bits per heavy atom. The van der Waals surface area contributed by atoms with Gasteiger partial charge in [-0.1, -0.05) is 0 Å². The molecule has 1 heteroatoms. The van der Waals surface area contributed by atoms with E-state index in [0.29, 0.717) is 0 Å². The Morgan fingerprint density at radius 2 is 2.40 bits per heavy atom. The summed E-state index contributed by atoms with van der Waals surface area (Å²) in [6, 6.07) is 0. The molecule has 0 saturated carbocycles. The van der Waals surface area contributed by atoms with Gasteiger partial charge in [0.1, 0.15) is 0 Å². The van der Waals surface area contributed by atoms with Crippen molar-refractivity contribution < 1.29 is 0 Å². The predicted molar refractivity (Wildman–Crippen MR) is 26.8 cm³/mol. The van der Waals surface area contributed by atoms with Crippen LogP contribution in [0, 0.1) is 0 Å². The van der Waals surface area contributed by atoms with E-state index in [2.05, 4.69) is 6.58 Å². The third kappa shape index (κ3) is 4.54. The van der Waals surface area contributed by atoms with Gasteiger partial charge in [0.25, 0.3) is 0 Å². The summed E-state index contributed by atoms with van der Waals surface area (Å²) < 4.78 is 1.36. The maximum absolute atomic E-state index is 3.57. The fraction of sp³-hybridized carbons (Fsp3) is 0.500. The van der Waals surface area contributed by atoms with Crippen LogP contribution in [0.15, 0.2) is 12.7 Å². The minimum atomic E-state index is 1.21. The Balaban J connectivity index is 2.40. The van der Waals surface area contributed by atoms with Gasteiger partial charge in [-0.2, -0.15) is 0 Å². The van der Waals surface area contributed by atoms with Crippen LogP contribution in [-0.4, -0.2) is 22.5 Å². The van der Waals surface area contributed by atoms with Gasteiger partial charge in [-0.25, -0.2) is 0 Å². The Hall–Kier alpha value is 0.539. The fourth-order valence-corrected chi connectivity index (χ4v) is 0.791. The molecule has 0 atom stereocenters. The molecule has 0 rings (SSSR count). The van der Waals surface area contributed by atoms with Crippen molar-refractivity contribution in [2.45, 2.75) is 10.9 Å². The monoisotopic (exact) mass is 176 g/mol. The molecule has 5 heavy (non-hydrogen) atoms. The Morgan fingerprint density at radius 1 is 1.80 bits per heavy atom. The molecule has 0 aromatic carbocycles. The molecule has 0 aliphatic heterocycles. The first kappa shape index (κ1) is 5.54. The molecule has 0 heterocycles. The van der Waals surface area contributed by atoms with Gasteiger partial charge in [0.2, 0.25) is 0 Å². The quantitative estimate of drug-likeness (QED) is 0.431. The van der Waals surface area contributed by atoms with Crippen LogP contribution in [0.5, 0.6) is 0 Å². The van der Waals surface area contributed by atoms with Crippen molar-refractivity contribution in [3.05, 3.63) is 12.7 Å². The molecular formula is C4H8Sn. The van der Waals surface area contributed by atoms with Crippen molar-refractivity contribution in [1.82, 2.24) is 0 Å². The zero-order chi connectivity index (χ0) is 4.12. The molecule has 0 unspecified atom stereocenters. The van der Waals surface area contributed by atoms with Crippen LogP contribution >= 0.6 is 0 Å². The summed E-state index contributed by atoms with van der Waals surface area (Å²) in [5.41, 5.74) is 0. The van der Waals surface area contributed by atoms with Gasteiger partial charge < -0.3 is 0 Å². The van der Waals surface area contributed by atoms with E-state index in [1.165, 1.54) is 33.4 Å². The van der Waals surface area contributed by atoms with E-state index >= 15 is 0 Å². The Bertz CT molecular complexity index is 24.8. The van der Waals surface area contributed by atoms with E-state index in [1.807, 2.05) is 6.08 Å². The zero-order valence-corrected chi connectivity index (χ0v) is 6.57. The van der Waals surface area contributed by atoms with E-state index < -0.39 is 0 Å². The molecule has 0 saturated heterocycles. The first-order valence-electron chi connectivity index (χ1n) is 1.72. The Kier molecular flexibility index (Phi) is 5.03. The first-order chi connectivity index (χ1) is 2.41. The van der Waals surface area contributed by atoms with Crippen LogP contribution in [-0.2, 0) is 0 Å². The predicted octanol–water partition coefficient (Wildman–Crippen LogP) is 0.882. The molecule has 0 N–H and O–H groups in total. The van der Waals surface area contributed by atoms with Gasteiger partial charge in [-0.05, 0) is 0 Å². The molecule has 0 nitrogen and oxygen atoms in total. The second-order valence-electron chi connectivity index (χ2n) is 0.866. The SMILES string of the molecule is C=CC[CH2][SnH]. The first-order valence-corrected chi connectivity index (χ1v) is 4.06. The molecule has 28 valence electrons. The third-order valence-electron chi connectivity index (χ3n) is 0.371. The number of hydrogen-bond acceptors (Lipinski definition) is 0. The molecule has 0 aromatic heterocycles. The zero-order valence-electron chi connectivity index (χ0n) is 3.28. The van der Waals surface area contributed by atoms with Crippen molar-refractivity contribution in [1.29, 1.82) is 0 Å². The molecule has 0 amide bonds. The van der Waals surface area contributed by atoms with Crippen LogP contribution in [0.3, 0.4) is 0 Å². The van der Waals surface area contributed by atoms with Crippen molar-refractivity contribution in [3.8, 4) is 0 Å². The van der Waals surface area contributed by atoms with Gasteiger partial charge in [-0.3, -0.25) is 0 Å². The summed E-state index contributed by atoms with van der Waals surface area (Å²) >= 11 is 1.38. The van der Waals surface area contributed by atoms with E-state index in [0.717, 1.165) is 0 Å². The van der Waals surface area contributed by atoms with Crippen molar-refractivity contribution in [2.75, 3.05) is 0 Å². The second-order valence-corrected chi connectivity index (χ2v) is 2.51. The summed E-state index contributed by atoms with van der Waals surface area (Å²) in [5.74, 6) is 0. The van der Waals surface area contributed by atoms with E-state index in [-0.39, 0.29) is 0 Å². The number of rotatable bonds is 2. The summed E-state index contributed by atoms with van der Waals surface area (Å²) in [5, 5.41) is 0. The van der Waals surface area contributed by atoms with E-state index in [4.69, 9.17) is 0 Å². The summed E-state index contributed by atoms with van der Waals surface area (Å²) in [6.45, 7) is 3.57. The molecule has 0 bridgehead atoms.